The van der Waals surface area contributed by atoms with Gasteiger partial charge in [0.25, 0.3) is 5.69 Å². The lowest BCUT2D eigenvalue weighted by Gasteiger charge is -2.50. The fraction of sp³-hybridized carbons (Fsp3) is 0.600. The molecule has 2 unspecified atom stereocenters. The van der Waals surface area contributed by atoms with Gasteiger partial charge in [0.1, 0.15) is 6.10 Å². The van der Waals surface area contributed by atoms with E-state index in [4.69, 9.17) is 21.1 Å². The van der Waals surface area contributed by atoms with Gasteiger partial charge < -0.3 is 9.47 Å². The zero-order chi connectivity index (χ0) is 15.0. The smallest absolute Gasteiger partial charge is 0.273 e. The van der Waals surface area contributed by atoms with Crippen LogP contribution in [-0.2, 0) is 0 Å². The largest absolute Gasteiger partial charge is 0.493 e. The summed E-state index contributed by atoms with van der Waals surface area (Å²) in [6.45, 7) is 0. The average Bonchev–Trinajstić information content (AvgIpc) is 2.99. The first-order chi connectivity index (χ1) is 10.1. The van der Waals surface area contributed by atoms with E-state index in [1.807, 2.05) is 0 Å². The van der Waals surface area contributed by atoms with E-state index >= 15 is 0 Å². The van der Waals surface area contributed by atoms with Gasteiger partial charge in [-0.3, -0.25) is 10.1 Å². The molecule has 0 saturated heterocycles. The van der Waals surface area contributed by atoms with Crippen LogP contribution in [0.4, 0.5) is 5.69 Å². The minimum atomic E-state index is -0.442. The van der Waals surface area contributed by atoms with Gasteiger partial charge in [0, 0.05) is 23.3 Å². The van der Waals surface area contributed by atoms with E-state index in [1.165, 1.54) is 32.1 Å². The SMILES string of the molecule is COc1cc([N+](=O)[O-])ccc1OC1CC(Cl)C12CCCC2. The van der Waals surface area contributed by atoms with E-state index in [0.29, 0.717) is 11.5 Å². The maximum absolute atomic E-state index is 10.8. The minimum Gasteiger partial charge on any atom is -0.493 e. The van der Waals surface area contributed by atoms with E-state index in [0.717, 1.165) is 19.3 Å². The van der Waals surface area contributed by atoms with E-state index in [1.54, 1.807) is 6.07 Å². The van der Waals surface area contributed by atoms with Gasteiger partial charge in [-0.25, -0.2) is 0 Å². The van der Waals surface area contributed by atoms with Crippen LogP contribution in [-0.4, -0.2) is 23.5 Å². The molecule has 6 heteroatoms. The number of hydrogen-bond acceptors (Lipinski definition) is 4. The Morgan fingerprint density at radius 1 is 1.33 bits per heavy atom. The third-order valence-corrected chi connectivity index (χ3v) is 5.46. The molecule has 2 aliphatic rings. The van der Waals surface area contributed by atoms with Crippen molar-refractivity contribution in [2.75, 3.05) is 7.11 Å². The van der Waals surface area contributed by atoms with Gasteiger partial charge in [-0.2, -0.15) is 0 Å². The number of halogens is 1. The molecule has 1 spiro atoms. The van der Waals surface area contributed by atoms with Crippen molar-refractivity contribution < 1.29 is 14.4 Å². The van der Waals surface area contributed by atoms with Crippen LogP contribution < -0.4 is 9.47 Å². The van der Waals surface area contributed by atoms with E-state index in [9.17, 15) is 10.1 Å². The number of nitrogens with zero attached hydrogens (tertiary/aromatic N) is 1. The molecule has 3 rings (SSSR count). The number of nitro benzene ring substituents is 1. The molecule has 0 aromatic heterocycles. The topological polar surface area (TPSA) is 61.6 Å². The fourth-order valence-electron chi connectivity index (χ4n) is 3.55. The first-order valence-electron chi connectivity index (χ1n) is 7.20. The van der Waals surface area contributed by atoms with Gasteiger partial charge in [-0.05, 0) is 18.9 Å². The Morgan fingerprint density at radius 3 is 2.62 bits per heavy atom. The van der Waals surface area contributed by atoms with Gasteiger partial charge in [-0.1, -0.05) is 12.8 Å². The first kappa shape index (κ1) is 14.4. The maximum atomic E-state index is 10.8. The van der Waals surface area contributed by atoms with Crippen molar-refractivity contribution in [3.8, 4) is 11.5 Å². The summed E-state index contributed by atoms with van der Waals surface area (Å²) in [5, 5.41) is 11.0. The van der Waals surface area contributed by atoms with Crippen LogP contribution in [0.25, 0.3) is 0 Å². The lowest BCUT2D eigenvalue weighted by molar-refractivity contribution is -0.385. The average molecular weight is 312 g/mol. The zero-order valence-corrected chi connectivity index (χ0v) is 12.6. The Bertz CT molecular complexity index is 557. The van der Waals surface area contributed by atoms with Crippen molar-refractivity contribution in [1.82, 2.24) is 0 Å². The predicted molar refractivity (Wildman–Crippen MR) is 79.2 cm³/mol. The van der Waals surface area contributed by atoms with Crippen molar-refractivity contribution in [3.63, 3.8) is 0 Å². The number of alkyl halides is 1. The molecule has 0 N–H and O–H groups in total. The monoisotopic (exact) mass is 311 g/mol. The van der Waals surface area contributed by atoms with Gasteiger partial charge >= 0.3 is 0 Å². The lowest BCUT2D eigenvalue weighted by atomic mass is 9.64. The Labute approximate surface area is 128 Å². The summed E-state index contributed by atoms with van der Waals surface area (Å²) < 4.78 is 11.3. The van der Waals surface area contributed by atoms with Crippen LogP contribution in [0.3, 0.4) is 0 Å². The number of nitro groups is 1. The van der Waals surface area contributed by atoms with E-state index in [-0.39, 0.29) is 22.6 Å². The quantitative estimate of drug-likeness (QED) is 0.480. The summed E-state index contributed by atoms with van der Waals surface area (Å²) in [6, 6.07) is 4.45. The summed E-state index contributed by atoms with van der Waals surface area (Å²) in [6.07, 6.45) is 5.49. The Kier molecular flexibility index (Phi) is 3.69. The highest BCUT2D eigenvalue weighted by atomic mass is 35.5. The molecule has 0 heterocycles. The number of hydrogen-bond donors (Lipinski definition) is 0. The second kappa shape index (κ2) is 5.37. The zero-order valence-electron chi connectivity index (χ0n) is 11.9. The van der Waals surface area contributed by atoms with Crippen LogP contribution in [0.5, 0.6) is 11.5 Å². The summed E-state index contributed by atoms with van der Waals surface area (Å²) in [4.78, 5) is 10.4. The van der Waals surface area contributed by atoms with Gasteiger partial charge in [0.2, 0.25) is 0 Å². The van der Waals surface area contributed by atoms with Crippen LogP contribution >= 0.6 is 11.6 Å². The first-order valence-corrected chi connectivity index (χ1v) is 7.63. The maximum Gasteiger partial charge on any atom is 0.273 e. The Morgan fingerprint density at radius 2 is 2.05 bits per heavy atom. The van der Waals surface area contributed by atoms with Crippen LogP contribution in [0.1, 0.15) is 32.1 Å². The van der Waals surface area contributed by atoms with Gasteiger partial charge in [-0.15, -0.1) is 11.6 Å². The summed E-state index contributed by atoms with van der Waals surface area (Å²) in [7, 11) is 1.49. The molecule has 0 amide bonds. The fourth-order valence-corrected chi connectivity index (χ4v) is 4.07. The van der Waals surface area contributed by atoms with Gasteiger partial charge in [0.05, 0.1) is 18.1 Å². The molecule has 1 aromatic rings. The summed E-state index contributed by atoms with van der Waals surface area (Å²) in [5.41, 5.74) is 0.0764. The van der Waals surface area contributed by atoms with Crippen molar-refractivity contribution >= 4 is 17.3 Å². The number of benzene rings is 1. The second-order valence-corrected chi connectivity index (χ2v) is 6.37. The van der Waals surface area contributed by atoms with Crippen LogP contribution in [0.2, 0.25) is 0 Å². The molecular formula is C15H18ClNO4. The number of ether oxygens (including phenoxy) is 2. The third-order valence-electron chi connectivity index (χ3n) is 4.85. The van der Waals surface area contributed by atoms with Crippen molar-refractivity contribution in [1.29, 1.82) is 0 Å². The summed E-state index contributed by atoms with van der Waals surface area (Å²) in [5.74, 6) is 0.957. The summed E-state index contributed by atoms with van der Waals surface area (Å²) >= 11 is 6.41. The normalized spacial score (nSPS) is 26.4. The highest BCUT2D eigenvalue weighted by Crippen LogP contribution is 2.57. The van der Waals surface area contributed by atoms with Gasteiger partial charge in [0.15, 0.2) is 11.5 Å². The molecule has 2 aliphatic carbocycles. The lowest BCUT2D eigenvalue weighted by Crippen LogP contribution is -2.55. The van der Waals surface area contributed by atoms with Crippen LogP contribution in [0.15, 0.2) is 18.2 Å². The third kappa shape index (κ3) is 2.33. The molecule has 5 nitrogen and oxygen atoms in total. The molecule has 21 heavy (non-hydrogen) atoms. The highest BCUT2D eigenvalue weighted by Gasteiger charge is 2.57. The molecule has 2 atom stereocenters. The predicted octanol–water partition coefficient (Wildman–Crippen LogP) is 3.92. The van der Waals surface area contributed by atoms with Crippen molar-refractivity contribution in [2.45, 2.75) is 43.6 Å². The molecule has 0 bridgehead atoms. The number of rotatable bonds is 4. The molecule has 2 fully saturated rings. The molecule has 2 saturated carbocycles. The molecule has 0 aliphatic heterocycles. The molecular weight excluding hydrogens is 294 g/mol. The van der Waals surface area contributed by atoms with E-state index < -0.39 is 4.92 Å². The number of non-ortho nitro benzene ring substituents is 1. The van der Waals surface area contributed by atoms with E-state index in [2.05, 4.69) is 0 Å². The van der Waals surface area contributed by atoms with Crippen molar-refractivity contribution in [2.24, 2.45) is 5.41 Å². The number of methoxy groups -OCH3 is 1. The highest BCUT2D eigenvalue weighted by molar-refractivity contribution is 6.21. The molecule has 1 aromatic carbocycles. The standard InChI is InChI=1S/C15H18ClNO4/c1-20-12-8-10(17(18)19)4-5-11(12)21-14-9-13(16)15(14)6-2-3-7-15/h4-5,8,13-14H,2-3,6-7,9H2,1H3. The molecule has 114 valence electrons. The molecule has 0 radical (unpaired) electrons. The Balaban J connectivity index is 1.80. The van der Waals surface area contributed by atoms with Crippen LogP contribution in [0, 0.1) is 15.5 Å². The minimum absolute atomic E-state index is 0.00129. The van der Waals surface area contributed by atoms with Crippen molar-refractivity contribution in [3.05, 3.63) is 28.3 Å². The Hall–Kier alpha value is -1.49. The second-order valence-electron chi connectivity index (χ2n) is 5.84.